The summed E-state index contributed by atoms with van der Waals surface area (Å²) in [6.45, 7) is 8.46. The van der Waals surface area contributed by atoms with E-state index >= 15 is 0 Å². The molecule has 0 aliphatic carbocycles. The monoisotopic (exact) mass is 208 g/mol. The van der Waals surface area contributed by atoms with Gasteiger partial charge in [-0.25, -0.2) is 9.67 Å². The van der Waals surface area contributed by atoms with Crippen LogP contribution >= 0.6 is 0 Å². The average Bonchev–Trinajstić information content (AvgIpc) is 2.45. The molecule has 1 aromatic heterocycles. The minimum atomic E-state index is 0.555. The molecule has 0 fully saturated rings. The van der Waals surface area contributed by atoms with Gasteiger partial charge in [-0.05, 0) is 12.8 Å². The zero-order valence-electron chi connectivity index (χ0n) is 9.82. The summed E-state index contributed by atoms with van der Waals surface area (Å²) in [6, 6.07) is 0.555. The van der Waals surface area contributed by atoms with Crippen LogP contribution in [0.2, 0.25) is 0 Å². The van der Waals surface area contributed by atoms with Gasteiger partial charge in [0.2, 0.25) is 0 Å². The summed E-state index contributed by atoms with van der Waals surface area (Å²) in [6.07, 6.45) is 2.22. The number of hydrogen-bond acceptors (Lipinski definition) is 3. The highest BCUT2D eigenvalue weighted by Gasteiger charge is 2.22. The molecule has 0 saturated carbocycles. The molecule has 2 unspecified atom stereocenters. The van der Waals surface area contributed by atoms with Crippen molar-refractivity contribution in [2.24, 2.45) is 5.92 Å². The fourth-order valence-electron chi connectivity index (χ4n) is 2.14. The van der Waals surface area contributed by atoms with Gasteiger partial charge in [-0.2, -0.15) is 5.10 Å². The maximum atomic E-state index is 4.49. The Kier molecular flexibility index (Phi) is 3.05. The van der Waals surface area contributed by atoms with Gasteiger partial charge in [0.05, 0.1) is 6.54 Å². The molecule has 1 N–H and O–H groups in total. The first-order valence-corrected chi connectivity index (χ1v) is 5.84. The number of nitrogens with one attached hydrogen (secondary N) is 1. The highest BCUT2D eigenvalue weighted by molar-refractivity contribution is 4.97. The van der Waals surface area contributed by atoms with Crippen molar-refractivity contribution in [1.82, 2.24) is 20.1 Å². The van der Waals surface area contributed by atoms with Crippen LogP contribution in [0.3, 0.4) is 0 Å². The predicted molar refractivity (Wildman–Crippen MR) is 59.7 cm³/mol. The topological polar surface area (TPSA) is 42.7 Å². The standard InChI is InChI=1S/C11H20N4/c1-4-8(2)10-7-11-13-9(3)14-15(11)6-5-12-10/h8,10,12H,4-7H2,1-3H3. The van der Waals surface area contributed by atoms with E-state index in [1.807, 2.05) is 11.6 Å². The molecule has 4 nitrogen and oxygen atoms in total. The Morgan fingerprint density at radius 3 is 3.13 bits per heavy atom. The first kappa shape index (κ1) is 10.6. The SMILES string of the molecule is CCC(C)C1Cc2nc(C)nn2CCN1. The van der Waals surface area contributed by atoms with Crippen LogP contribution in [0.1, 0.15) is 31.9 Å². The maximum absolute atomic E-state index is 4.49. The molecule has 0 bridgehead atoms. The molecular weight excluding hydrogens is 188 g/mol. The molecule has 2 heterocycles. The summed E-state index contributed by atoms with van der Waals surface area (Å²) in [5, 5.41) is 7.98. The molecule has 1 aromatic rings. The third-order valence-electron chi connectivity index (χ3n) is 3.32. The lowest BCUT2D eigenvalue weighted by Crippen LogP contribution is -2.36. The zero-order chi connectivity index (χ0) is 10.8. The Labute approximate surface area is 91.1 Å². The number of nitrogens with zero attached hydrogens (tertiary/aromatic N) is 3. The summed E-state index contributed by atoms with van der Waals surface area (Å²) >= 11 is 0. The third-order valence-corrected chi connectivity index (χ3v) is 3.32. The predicted octanol–water partition coefficient (Wildman–Crippen LogP) is 1.15. The molecular formula is C11H20N4. The van der Waals surface area contributed by atoms with Gasteiger partial charge in [-0.3, -0.25) is 0 Å². The fourth-order valence-corrected chi connectivity index (χ4v) is 2.14. The summed E-state index contributed by atoms with van der Waals surface area (Å²) in [5.74, 6) is 2.74. The van der Waals surface area contributed by atoms with Crippen LogP contribution in [-0.4, -0.2) is 27.4 Å². The summed E-state index contributed by atoms with van der Waals surface area (Å²) in [7, 11) is 0. The molecule has 2 atom stereocenters. The molecule has 15 heavy (non-hydrogen) atoms. The maximum Gasteiger partial charge on any atom is 0.147 e. The number of fused-ring (bicyclic) bond motifs is 1. The van der Waals surface area contributed by atoms with Gasteiger partial charge < -0.3 is 5.32 Å². The van der Waals surface area contributed by atoms with Crippen molar-refractivity contribution in [1.29, 1.82) is 0 Å². The third kappa shape index (κ3) is 2.20. The molecule has 4 heteroatoms. The molecule has 1 aliphatic heterocycles. The lowest BCUT2D eigenvalue weighted by atomic mass is 9.96. The van der Waals surface area contributed by atoms with Gasteiger partial charge in [0.1, 0.15) is 11.6 Å². The second-order valence-electron chi connectivity index (χ2n) is 4.45. The van der Waals surface area contributed by atoms with Crippen molar-refractivity contribution in [3.63, 3.8) is 0 Å². The van der Waals surface area contributed by atoms with Crippen LogP contribution in [0.25, 0.3) is 0 Å². The van der Waals surface area contributed by atoms with Gasteiger partial charge in [0.25, 0.3) is 0 Å². The lowest BCUT2D eigenvalue weighted by Gasteiger charge is -2.21. The molecule has 0 spiro atoms. The Hall–Kier alpha value is -0.900. The van der Waals surface area contributed by atoms with Crippen LogP contribution < -0.4 is 5.32 Å². The average molecular weight is 208 g/mol. The van der Waals surface area contributed by atoms with E-state index in [1.165, 1.54) is 6.42 Å². The normalized spacial score (nSPS) is 23.3. The Bertz CT molecular complexity index is 331. The van der Waals surface area contributed by atoms with E-state index in [9.17, 15) is 0 Å². The van der Waals surface area contributed by atoms with Gasteiger partial charge in [0.15, 0.2) is 0 Å². The summed E-state index contributed by atoms with van der Waals surface area (Å²) < 4.78 is 2.05. The Balaban J connectivity index is 2.16. The van der Waals surface area contributed by atoms with E-state index in [0.29, 0.717) is 12.0 Å². The molecule has 84 valence electrons. The first-order chi connectivity index (χ1) is 7.20. The van der Waals surface area contributed by atoms with Gasteiger partial charge in [-0.1, -0.05) is 20.3 Å². The van der Waals surface area contributed by atoms with Crippen molar-refractivity contribution < 1.29 is 0 Å². The van der Waals surface area contributed by atoms with Crippen LogP contribution in [-0.2, 0) is 13.0 Å². The van der Waals surface area contributed by atoms with Crippen LogP contribution in [0.15, 0.2) is 0 Å². The van der Waals surface area contributed by atoms with Gasteiger partial charge >= 0.3 is 0 Å². The molecule has 0 aromatic carbocycles. The minimum Gasteiger partial charge on any atom is -0.311 e. The second kappa shape index (κ2) is 4.31. The summed E-state index contributed by atoms with van der Waals surface area (Å²) in [5.41, 5.74) is 0. The molecule has 2 rings (SSSR count). The highest BCUT2D eigenvalue weighted by atomic mass is 15.4. The number of hydrogen-bond donors (Lipinski definition) is 1. The van der Waals surface area contributed by atoms with Crippen LogP contribution in [0, 0.1) is 12.8 Å². The van der Waals surface area contributed by atoms with E-state index in [2.05, 4.69) is 29.2 Å². The number of rotatable bonds is 2. The lowest BCUT2D eigenvalue weighted by molar-refractivity contribution is 0.371. The molecule has 1 aliphatic rings. The van der Waals surface area contributed by atoms with E-state index < -0.39 is 0 Å². The smallest absolute Gasteiger partial charge is 0.147 e. The fraction of sp³-hybridized carbons (Fsp3) is 0.818. The van der Waals surface area contributed by atoms with E-state index in [1.54, 1.807) is 0 Å². The van der Waals surface area contributed by atoms with E-state index in [0.717, 1.165) is 31.2 Å². The van der Waals surface area contributed by atoms with E-state index in [4.69, 9.17) is 0 Å². The van der Waals surface area contributed by atoms with Crippen molar-refractivity contribution in [2.75, 3.05) is 6.54 Å². The van der Waals surface area contributed by atoms with Crippen molar-refractivity contribution in [2.45, 2.75) is 46.2 Å². The van der Waals surface area contributed by atoms with Crippen molar-refractivity contribution in [3.8, 4) is 0 Å². The van der Waals surface area contributed by atoms with E-state index in [-0.39, 0.29) is 0 Å². The van der Waals surface area contributed by atoms with Crippen LogP contribution in [0.4, 0.5) is 0 Å². The summed E-state index contributed by atoms with van der Waals surface area (Å²) in [4.78, 5) is 4.49. The zero-order valence-corrected chi connectivity index (χ0v) is 9.82. The Morgan fingerprint density at radius 1 is 1.60 bits per heavy atom. The largest absolute Gasteiger partial charge is 0.311 e. The molecule has 0 radical (unpaired) electrons. The first-order valence-electron chi connectivity index (χ1n) is 5.84. The highest BCUT2D eigenvalue weighted by Crippen LogP contribution is 2.14. The van der Waals surface area contributed by atoms with Crippen LogP contribution in [0.5, 0.6) is 0 Å². The minimum absolute atomic E-state index is 0.555. The van der Waals surface area contributed by atoms with Gasteiger partial charge in [0, 0.05) is 19.0 Å². The quantitative estimate of drug-likeness (QED) is 0.792. The molecule has 0 saturated heterocycles. The Morgan fingerprint density at radius 2 is 2.40 bits per heavy atom. The molecule has 0 amide bonds. The second-order valence-corrected chi connectivity index (χ2v) is 4.45. The van der Waals surface area contributed by atoms with Gasteiger partial charge in [-0.15, -0.1) is 0 Å². The number of aryl methyl sites for hydroxylation is 1. The number of aromatic nitrogens is 3. The van der Waals surface area contributed by atoms with Crippen molar-refractivity contribution in [3.05, 3.63) is 11.6 Å². The van der Waals surface area contributed by atoms with Crippen molar-refractivity contribution >= 4 is 0 Å².